The summed E-state index contributed by atoms with van der Waals surface area (Å²) in [4.78, 5) is 0. The second-order valence-electron chi connectivity index (χ2n) is 11.3. The summed E-state index contributed by atoms with van der Waals surface area (Å²) in [7, 11) is 0. The maximum absolute atomic E-state index is 15.0. The number of ether oxygens (including phenoxy) is 3. The van der Waals surface area contributed by atoms with E-state index in [4.69, 9.17) is 9.47 Å². The molecule has 0 aromatic heterocycles. The molecule has 4 aliphatic rings. The molecule has 1 aliphatic heterocycles. The van der Waals surface area contributed by atoms with Crippen LogP contribution in [0.5, 0.6) is 0 Å². The first-order valence-corrected chi connectivity index (χ1v) is 13.0. The van der Waals surface area contributed by atoms with Gasteiger partial charge in [-0.15, -0.1) is 0 Å². The van der Waals surface area contributed by atoms with Crippen molar-refractivity contribution in [3.63, 3.8) is 0 Å². The van der Waals surface area contributed by atoms with E-state index in [0.29, 0.717) is 25.0 Å². The molecule has 0 aromatic rings. The predicted molar refractivity (Wildman–Crippen MR) is 115 cm³/mol. The monoisotopic (exact) mass is 518 g/mol. The first kappa shape index (κ1) is 27.4. The Labute approximate surface area is 202 Å². The van der Waals surface area contributed by atoms with Gasteiger partial charge in [-0.2, -0.15) is 8.78 Å². The van der Waals surface area contributed by atoms with E-state index in [9.17, 15) is 30.7 Å². The molecule has 4 fully saturated rings. The normalized spacial score (nSPS) is 50.1. The van der Waals surface area contributed by atoms with Gasteiger partial charge in [0, 0.05) is 24.2 Å². The predicted octanol–water partition coefficient (Wildman–Crippen LogP) is 6.54. The lowest BCUT2D eigenvalue weighted by molar-refractivity contribution is -0.334. The van der Waals surface area contributed by atoms with Crippen LogP contribution in [0.2, 0.25) is 0 Å². The average Bonchev–Trinajstić information content (AvgIpc) is 2.81. The van der Waals surface area contributed by atoms with E-state index in [1.165, 1.54) is 0 Å². The Morgan fingerprint density at radius 2 is 1.26 bits per heavy atom. The van der Waals surface area contributed by atoms with Gasteiger partial charge in [-0.3, -0.25) is 0 Å². The standard InChI is InChI=1S/C25H37F7O3/c1-12-3-5-14(6-4-12)16-10-33-24(34-11-16)15-7-17(26)21(18(27)8-15)25(31,32)35-20-9-19(28)23(30)22(29)13(20)2/h12-24H,3-11H2,1-2H3. The quantitative estimate of drug-likeness (QED) is 0.387. The Kier molecular flexibility index (Phi) is 8.63. The van der Waals surface area contributed by atoms with Crippen LogP contribution in [0.3, 0.4) is 0 Å². The maximum Gasteiger partial charge on any atom is 0.364 e. The van der Waals surface area contributed by atoms with Crippen molar-refractivity contribution in [3.05, 3.63) is 0 Å². The van der Waals surface area contributed by atoms with Crippen LogP contribution in [0.4, 0.5) is 30.7 Å². The van der Waals surface area contributed by atoms with Crippen molar-refractivity contribution >= 4 is 0 Å². The Hall–Kier alpha value is -0.610. The first-order valence-electron chi connectivity index (χ1n) is 13.0. The van der Waals surface area contributed by atoms with Gasteiger partial charge in [0.2, 0.25) is 0 Å². The van der Waals surface area contributed by atoms with Crippen molar-refractivity contribution in [1.82, 2.24) is 0 Å². The van der Waals surface area contributed by atoms with E-state index in [0.717, 1.165) is 32.6 Å². The molecule has 1 saturated heterocycles. The van der Waals surface area contributed by atoms with Crippen molar-refractivity contribution in [2.75, 3.05) is 13.2 Å². The van der Waals surface area contributed by atoms with E-state index in [1.54, 1.807) is 0 Å². The third-order valence-corrected chi connectivity index (χ3v) is 8.79. The van der Waals surface area contributed by atoms with Crippen LogP contribution in [-0.4, -0.2) is 62.6 Å². The fourth-order valence-corrected chi connectivity index (χ4v) is 6.37. The molecule has 10 heteroatoms. The zero-order chi connectivity index (χ0) is 25.5. The molecule has 0 radical (unpaired) electrons. The maximum atomic E-state index is 15.0. The van der Waals surface area contributed by atoms with Crippen LogP contribution in [0.25, 0.3) is 0 Å². The van der Waals surface area contributed by atoms with Crippen LogP contribution < -0.4 is 0 Å². The molecule has 0 aromatic carbocycles. The van der Waals surface area contributed by atoms with Gasteiger partial charge in [-0.25, -0.2) is 22.0 Å². The molecule has 35 heavy (non-hydrogen) atoms. The third-order valence-electron chi connectivity index (χ3n) is 8.79. The zero-order valence-corrected chi connectivity index (χ0v) is 20.2. The molecule has 0 N–H and O–H groups in total. The molecule has 1 heterocycles. The third kappa shape index (κ3) is 5.95. The second-order valence-corrected chi connectivity index (χ2v) is 11.3. The molecule has 0 bridgehead atoms. The Morgan fingerprint density at radius 1 is 0.686 bits per heavy atom. The molecule has 7 unspecified atom stereocenters. The lowest BCUT2D eigenvalue weighted by Crippen LogP contribution is -2.54. The SMILES string of the molecule is CC1CCC(C2COC(C3CC(F)C(C(F)(F)OC4CC(F)C(F)C(F)C4C)C(F)C3)OC2)CC1. The number of alkyl halides is 7. The largest absolute Gasteiger partial charge is 0.364 e. The minimum Gasteiger partial charge on any atom is -0.352 e. The molecule has 3 saturated carbocycles. The molecule has 7 atom stereocenters. The summed E-state index contributed by atoms with van der Waals surface area (Å²) in [5.41, 5.74) is 0. The Morgan fingerprint density at radius 3 is 1.83 bits per heavy atom. The highest BCUT2D eigenvalue weighted by Gasteiger charge is 2.58. The van der Waals surface area contributed by atoms with Gasteiger partial charge < -0.3 is 14.2 Å². The van der Waals surface area contributed by atoms with E-state index < -0.39 is 86.4 Å². The molecule has 204 valence electrons. The second kappa shape index (κ2) is 11.0. The number of rotatable bonds is 5. The highest BCUT2D eigenvalue weighted by Crippen LogP contribution is 2.47. The Balaban J connectivity index is 1.31. The summed E-state index contributed by atoms with van der Waals surface area (Å²) in [5, 5.41) is 0. The van der Waals surface area contributed by atoms with Crippen LogP contribution >= 0.6 is 0 Å². The highest BCUT2D eigenvalue weighted by atomic mass is 19.3. The van der Waals surface area contributed by atoms with Crippen molar-refractivity contribution in [1.29, 1.82) is 0 Å². The van der Waals surface area contributed by atoms with E-state index >= 15 is 0 Å². The summed E-state index contributed by atoms with van der Waals surface area (Å²) in [6.07, 6.45) is -15.6. The van der Waals surface area contributed by atoms with Gasteiger partial charge in [-0.05, 0) is 37.5 Å². The fraction of sp³-hybridized carbons (Fsp3) is 1.00. The summed E-state index contributed by atoms with van der Waals surface area (Å²) in [6, 6.07) is 0. The molecule has 0 spiro atoms. The molecule has 0 amide bonds. The van der Waals surface area contributed by atoms with Gasteiger partial charge >= 0.3 is 6.11 Å². The van der Waals surface area contributed by atoms with Crippen molar-refractivity contribution in [2.45, 2.75) is 108 Å². The summed E-state index contributed by atoms with van der Waals surface area (Å²) < 4.78 is 117. The number of hydrogen-bond acceptors (Lipinski definition) is 3. The van der Waals surface area contributed by atoms with Gasteiger partial charge in [0.25, 0.3) is 0 Å². The Bertz CT molecular complexity index is 672. The van der Waals surface area contributed by atoms with Crippen molar-refractivity contribution in [3.8, 4) is 0 Å². The number of hydrogen-bond donors (Lipinski definition) is 0. The zero-order valence-electron chi connectivity index (χ0n) is 20.2. The van der Waals surface area contributed by atoms with Gasteiger partial charge in [0.1, 0.15) is 30.6 Å². The lowest BCUT2D eigenvalue weighted by atomic mass is 9.76. The minimum absolute atomic E-state index is 0.218. The fourth-order valence-electron chi connectivity index (χ4n) is 6.37. The van der Waals surface area contributed by atoms with Crippen LogP contribution in [0.1, 0.15) is 58.8 Å². The van der Waals surface area contributed by atoms with Gasteiger partial charge in [0.15, 0.2) is 12.5 Å². The smallest absolute Gasteiger partial charge is 0.352 e. The van der Waals surface area contributed by atoms with E-state index in [-0.39, 0.29) is 5.92 Å². The van der Waals surface area contributed by atoms with E-state index in [2.05, 4.69) is 11.7 Å². The summed E-state index contributed by atoms with van der Waals surface area (Å²) in [6.45, 7) is 4.19. The van der Waals surface area contributed by atoms with Gasteiger partial charge in [0.05, 0.1) is 19.3 Å². The number of halogens is 7. The van der Waals surface area contributed by atoms with Gasteiger partial charge in [-0.1, -0.05) is 26.7 Å². The lowest BCUT2D eigenvalue weighted by Gasteiger charge is -2.44. The van der Waals surface area contributed by atoms with Crippen LogP contribution in [-0.2, 0) is 14.2 Å². The first-order chi connectivity index (χ1) is 16.5. The molecule has 3 nitrogen and oxygen atoms in total. The molecule has 4 rings (SSSR count). The molecular formula is C25H37F7O3. The molecule has 3 aliphatic carbocycles. The molecular weight excluding hydrogens is 481 g/mol. The summed E-state index contributed by atoms with van der Waals surface area (Å²) in [5.74, 6) is -3.11. The minimum atomic E-state index is -4.30. The highest BCUT2D eigenvalue weighted by molar-refractivity contribution is 4.96. The average molecular weight is 519 g/mol. The van der Waals surface area contributed by atoms with Crippen LogP contribution in [0.15, 0.2) is 0 Å². The van der Waals surface area contributed by atoms with Crippen molar-refractivity contribution in [2.24, 2.45) is 35.5 Å². The van der Waals surface area contributed by atoms with E-state index in [1.807, 2.05) is 0 Å². The van der Waals surface area contributed by atoms with Crippen LogP contribution in [0, 0.1) is 35.5 Å². The summed E-state index contributed by atoms with van der Waals surface area (Å²) >= 11 is 0. The topological polar surface area (TPSA) is 27.7 Å². The van der Waals surface area contributed by atoms with Crippen molar-refractivity contribution < 1.29 is 44.9 Å².